The second kappa shape index (κ2) is 11.1. The molecule has 0 aliphatic heterocycles. The van der Waals surface area contributed by atoms with E-state index in [1.165, 1.54) is 112 Å². The summed E-state index contributed by atoms with van der Waals surface area (Å²) in [5.74, 6) is 0. The molecule has 1 aliphatic carbocycles. The van der Waals surface area contributed by atoms with Crippen LogP contribution in [0.15, 0.2) is 36.4 Å². The summed E-state index contributed by atoms with van der Waals surface area (Å²) in [6, 6.07) is 14.7. The Morgan fingerprint density at radius 2 is 0.909 bits per heavy atom. The maximum atomic E-state index is 2.56. The van der Waals surface area contributed by atoms with E-state index in [1.807, 2.05) is 0 Å². The summed E-state index contributed by atoms with van der Waals surface area (Å²) in [5.41, 5.74) is 6.39. The highest BCUT2D eigenvalue weighted by molar-refractivity contribution is 6.15. The number of hydrogen-bond donors (Lipinski definition) is 0. The van der Waals surface area contributed by atoms with Gasteiger partial charge in [-0.3, -0.25) is 0 Å². The van der Waals surface area contributed by atoms with Gasteiger partial charge < -0.3 is 0 Å². The molecule has 4 rings (SSSR count). The van der Waals surface area contributed by atoms with E-state index in [0.29, 0.717) is 0 Å². The Bertz CT molecular complexity index is 984. The predicted molar refractivity (Wildman–Crippen MR) is 148 cm³/mol. The van der Waals surface area contributed by atoms with Gasteiger partial charge in [0.1, 0.15) is 0 Å². The minimum Gasteiger partial charge on any atom is -0.0654 e. The minimum atomic E-state index is 0.216. The smallest absolute Gasteiger partial charge is 0.0215 e. The third kappa shape index (κ3) is 5.01. The molecule has 0 heterocycles. The van der Waals surface area contributed by atoms with Gasteiger partial charge in [-0.1, -0.05) is 138 Å². The maximum absolute atomic E-state index is 2.56. The fourth-order valence-corrected chi connectivity index (χ4v) is 6.61. The first-order valence-electron chi connectivity index (χ1n) is 14.1. The van der Waals surface area contributed by atoms with Gasteiger partial charge in [0, 0.05) is 5.41 Å². The van der Waals surface area contributed by atoms with Crippen molar-refractivity contribution in [1.82, 2.24) is 0 Å². The van der Waals surface area contributed by atoms with Gasteiger partial charge in [0.15, 0.2) is 0 Å². The molecule has 0 saturated heterocycles. The van der Waals surface area contributed by atoms with Gasteiger partial charge in [0.2, 0.25) is 0 Å². The first-order chi connectivity index (χ1) is 16.1. The number of unbranched alkanes of at least 4 members (excludes halogenated alkanes) is 10. The molecule has 178 valence electrons. The molecule has 3 aromatic rings. The van der Waals surface area contributed by atoms with Gasteiger partial charge >= 0.3 is 0 Å². The van der Waals surface area contributed by atoms with Crippen molar-refractivity contribution >= 4 is 21.5 Å². The van der Waals surface area contributed by atoms with Crippen molar-refractivity contribution in [1.29, 1.82) is 0 Å². The molecule has 0 radical (unpaired) electrons. The van der Waals surface area contributed by atoms with Crippen LogP contribution in [0.3, 0.4) is 0 Å². The minimum absolute atomic E-state index is 0.216. The SMILES string of the molecule is CCCCCCCCC1(CCCCCCCC)c2cc(C)cc3ccc4cc(C)cc1c4c23. The third-order valence-corrected chi connectivity index (χ3v) is 8.26. The molecule has 3 aromatic carbocycles. The van der Waals surface area contributed by atoms with Gasteiger partial charge in [0.05, 0.1) is 0 Å². The lowest BCUT2D eigenvalue weighted by Crippen LogP contribution is -2.26. The molecule has 33 heavy (non-hydrogen) atoms. The predicted octanol–water partition coefficient (Wildman–Crippen LogP) is 10.7. The van der Waals surface area contributed by atoms with Gasteiger partial charge in [-0.05, 0) is 59.4 Å². The Labute approximate surface area is 203 Å². The Kier molecular flexibility index (Phi) is 8.15. The van der Waals surface area contributed by atoms with Crippen molar-refractivity contribution < 1.29 is 0 Å². The number of rotatable bonds is 14. The monoisotopic (exact) mass is 442 g/mol. The molecular formula is C33H46. The molecule has 0 spiro atoms. The summed E-state index contributed by atoms with van der Waals surface area (Å²) in [5, 5.41) is 6.06. The highest BCUT2D eigenvalue weighted by Crippen LogP contribution is 2.54. The Balaban J connectivity index is 1.69. The standard InChI is InChI=1S/C33H46/c1-5-7-9-11-13-15-19-33(20-16-14-12-10-8-6-2)29-23-25(3)21-27-17-18-28-22-26(4)24-30(33)32(28)31(27)29/h17-18,21-24H,5-16,19-20H2,1-4H3. The average Bonchev–Trinajstić information content (AvgIpc) is 3.06. The summed E-state index contributed by atoms with van der Waals surface area (Å²) >= 11 is 0. The number of aryl methyl sites for hydroxylation is 2. The molecule has 0 heteroatoms. The molecule has 0 nitrogen and oxygen atoms in total. The van der Waals surface area contributed by atoms with E-state index in [0.717, 1.165) is 0 Å². The quantitative estimate of drug-likeness (QED) is 0.172. The first-order valence-corrected chi connectivity index (χ1v) is 14.1. The van der Waals surface area contributed by atoms with Crippen LogP contribution in [-0.4, -0.2) is 0 Å². The lowest BCUT2D eigenvalue weighted by molar-refractivity contribution is 0.398. The van der Waals surface area contributed by atoms with Crippen molar-refractivity contribution in [2.45, 2.75) is 123 Å². The lowest BCUT2D eigenvalue weighted by atomic mass is 9.69. The number of benzene rings is 3. The zero-order valence-corrected chi connectivity index (χ0v) is 21.9. The highest BCUT2D eigenvalue weighted by atomic mass is 14.4. The van der Waals surface area contributed by atoms with E-state index in [9.17, 15) is 0 Å². The lowest BCUT2D eigenvalue weighted by Gasteiger charge is -2.34. The molecule has 0 atom stereocenters. The largest absolute Gasteiger partial charge is 0.0654 e. The summed E-state index contributed by atoms with van der Waals surface area (Å²) in [6.07, 6.45) is 19.2. The van der Waals surface area contributed by atoms with Crippen molar-refractivity contribution in [2.75, 3.05) is 0 Å². The molecule has 1 aliphatic rings. The van der Waals surface area contributed by atoms with E-state index in [1.54, 1.807) is 21.9 Å². The molecule has 0 unspecified atom stereocenters. The zero-order valence-electron chi connectivity index (χ0n) is 21.9. The summed E-state index contributed by atoms with van der Waals surface area (Å²) in [6.45, 7) is 9.23. The Morgan fingerprint density at radius 1 is 0.515 bits per heavy atom. The van der Waals surface area contributed by atoms with Crippen LogP contribution < -0.4 is 0 Å². The van der Waals surface area contributed by atoms with Crippen LogP contribution in [0.5, 0.6) is 0 Å². The van der Waals surface area contributed by atoms with Crippen molar-refractivity contribution in [2.24, 2.45) is 0 Å². The second-order valence-corrected chi connectivity index (χ2v) is 11.0. The number of hydrogen-bond acceptors (Lipinski definition) is 0. The molecule has 0 bridgehead atoms. The summed E-state index contributed by atoms with van der Waals surface area (Å²) < 4.78 is 0. The highest BCUT2D eigenvalue weighted by Gasteiger charge is 2.41. The molecule has 0 amide bonds. The van der Waals surface area contributed by atoms with Crippen LogP contribution in [-0.2, 0) is 5.41 Å². The maximum Gasteiger partial charge on any atom is 0.0215 e. The molecule has 0 aromatic heterocycles. The molecule has 0 N–H and O–H groups in total. The van der Waals surface area contributed by atoms with Crippen molar-refractivity contribution in [3.63, 3.8) is 0 Å². The summed E-state index contributed by atoms with van der Waals surface area (Å²) in [4.78, 5) is 0. The fraction of sp³-hybridized carbons (Fsp3) is 0.576. The second-order valence-electron chi connectivity index (χ2n) is 11.0. The average molecular weight is 443 g/mol. The topological polar surface area (TPSA) is 0 Å². The molecular weight excluding hydrogens is 396 g/mol. The third-order valence-electron chi connectivity index (χ3n) is 8.26. The van der Waals surface area contributed by atoms with Crippen LogP contribution in [0.2, 0.25) is 0 Å². The Hall–Kier alpha value is -1.82. The van der Waals surface area contributed by atoms with Crippen molar-refractivity contribution in [3.8, 4) is 0 Å². The summed E-state index contributed by atoms with van der Waals surface area (Å²) in [7, 11) is 0. The van der Waals surface area contributed by atoms with Crippen LogP contribution >= 0.6 is 0 Å². The molecule has 0 fully saturated rings. The van der Waals surface area contributed by atoms with E-state index in [4.69, 9.17) is 0 Å². The van der Waals surface area contributed by atoms with Gasteiger partial charge in [-0.2, -0.15) is 0 Å². The first kappa shape index (κ1) is 24.3. The van der Waals surface area contributed by atoms with Gasteiger partial charge in [-0.15, -0.1) is 0 Å². The van der Waals surface area contributed by atoms with Gasteiger partial charge in [0.25, 0.3) is 0 Å². The van der Waals surface area contributed by atoms with Gasteiger partial charge in [-0.25, -0.2) is 0 Å². The van der Waals surface area contributed by atoms with Crippen LogP contribution in [0.4, 0.5) is 0 Å². The fourth-order valence-electron chi connectivity index (χ4n) is 6.61. The van der Waals surface area contributed by atoms with Crippen LogP contribution in [0.1, 0.15) is 126 Å². The van der Waals surface area contributed by atoms with E-state index in [-0.39, 0.29) is 5.41 Å². The van der Waals surface area contributed by atoms with Crippen LogP contribution in [0.25, 0.3) is 21.5 Å². The van der Waals surface area contributed by atoms with E-state index >= 15 is 0 Å². The normalized spacial score (nSPS) is 14.2. The van der Waals surface area contributed by atoms with Crippen LogP contribution in [0, 0.1) is 13.8 Å². The Morgan fingerprint density at radius 3 is 1.33 bits per heavy atom. The molecule has 0 saturated carbocycles. The van der Waals surface area contributed by atoms with E-state index in [2.05, 4.69) is 64.1 Å². The zero-order chi connectivity index (χ0) is 23.3. The van der Waals surface area contributed by atoms with E-state index < -0.39 is 0 Å². The van der Waals surface area contributed by atoms with Crippen molar-refractivity contribution in [3.05, 3.63) is 58.7 Å².